The third-order valence-corrected chi connectivity index (χ3v) is 8.21. The standard InChI is InChI=1S/C16H15Cl2NO5S2/c1-19(26(22,23)14-4-3-13(25-14)16(21)24-2)15-10-5-8(17)6-11(18)9(10)7-12(15)20/h3-6,12,15,20H,7H2,1-2H3/t12-,15+/m1/s1. The van der Waals surface area contributed by atoms with E-state index in [0.717, 1.165) is 15.6 Å². The third kappa shape index (κ3) is 3.26. The molecule has 26 heavy (non-hydrogen) atoms. The molecule has 0 spiro atoms. The minimum absolute atomic E-state index is 0.0193. The maximum atomic E-state index is 13.0. The van der Waals surface area contributed by atoms with Crippen molar-refractivity contribution in [1.82, 2.24) is 4.31 Å². The average Bonchev–Trinajstić information content (AvgIpc) is 3.18. The molecule has 0 radical (unpaired) electrons. The molecule has 2 atom stereocenters. The summed E-state index contributed by atoms with van der Waals surface area (Å²) in [6.07, 6.45) is -0.728. The highest BCUT2D eigenvalue weighted by molar-refractivity contribution is 7.91. The molecule has 3 rings (SSSR count). The van der Waals surface area contributed by atoms with Gasteiger partial charge in [0.1, 0.15) is 9.09 Å². The van der Waals surface area contributed by atoms with Crippen molar-refractivity contribution in [3.8, 4) is 0 Å². The van der Waals surface area contributed by atoms with Crippen LogP contribution < -0.4 is 0 Å². The number of thiophene rings is 1. The van der Waals surface area contributed by atoms with Crippen molar-refractivity contribution in [1.29, 1.82) is 0 Å². The molecule has 1 heterocycles. The second-order valence-corrected chi connectivity index (χ2v) is 9.95. The number of benzene rings is 1. The topological polar surface area (TPSA) is 83.9 Å². The van der Waals surface area contributed by atoms with Crippen LogP contribution in [0.15, 0.2) is 28.5 Å². The summed E-state index contributed by atoms with van der Waals surface area (Å²) in [6.45, 7) is 0. The van der Waals surface area contributed by atoms with Crippen molar-refractivity contribution in [2.24, 2.45) is 0 Å². The molecule has 0 fully saturated rings. The fraction of sp³-hybridized carbons (Fsp3) is 0.312. The van der Waals surface area contributed by atoms with Crippen molar-refractivity contribution in [2.75, 3.05) is 14.2 Å². The zero-order valence-corrected chi connectivity index (χ0v) is 16.9. The molecule has 0 saturated carbocycles. The van der Waals surface area contributed by atoms with Crippen molar-refractivity contribution >= 4 is 50.5 Å². The van der Waals surface area contributed by atoms with Gasteiger partial charge in [0.05, 0.1) is 19.3 Å². The molecule has 1 aliphatic rings. The number of halogens is 2. The lowest BCUT2D eigenvalue weighted by atomic mass is 10.1. The van der Waals surface area contributed by atoms with E-state index < -0.39 is 28.1 Å². The largest absolute Gasteiger partial charge is 0.465 e. The fourth-order valence-electron chi connectivity index (χ4n) is 3.03. The molecule has 1 N–H and O–H groups in total. The zero-order valence-electron chi connectivity index (χ0n) is 13.8. The Bertz CT molecular complexity index is 973. The highest BCUT2D eigenvalue weighted by Crippen LogP contribution is 2.43. The first kappa shape index (κ1) is 19.6. The average molecular weight is 436 g/mol. The van der Waals surface area contributed by atoms with Crippen LogP contribution in [-0.2, 0) is 21.2 Å². The van der Waals surface area contributed by atoms with Gasteiger partial charge in [0.2, 0.25) is 0 Å². The number of aliphatic hydroxyl groups is 1. The first-order valence-corrected chi connectivity index (χ1v) is 10.5. The van der Waals surface area contributed by atoms with Gasteiger partial charge in [-0.2, -0.15) is 4.31 Å². The number of likely N-dealkylation sites (N-methyl/N-ethyl adjacent to an activating group) is 1. The van der Waals surface area contributed by atoms with Crippen LogP contribution in [0.4, 0.5) is 0 Å². The Morgan fingerprint density at radius 3 is 2.69 bits per heavy atom. The van der Waals surface area contributed by atoms with Crippen LogP contribution in [-0.4, -0.2) is 44.1 Å². The minimum atomic E-state index is -3.95. The monoisotopic (exact) mass is 435 g/mol. The first-order chi connectivity index (χ1) is 12.2. The summed E-state index contributed by atoms with van der Waals surface area (Å²) in [5.41, 5.74) is 1.25. The number of esters is 1. The van der Waals surface area contributed by atoms with E-state index in [-0.39, 0.29) is 15.5 Å². The van der Waals surface area contributed by atoms with E-state index in [1.54, 1.807) is 12.1 Å². The third-order valence-electron chi connectivity index (χ3n) is 4.28. The number of ether oxygens (including phenoxy) is 1. The number of carbonyl (C=O) groups excluding carboxylic acids is 1. The summed E-state index contributed by atoms with van der Waals surface area (Å²) in [6, 6.07) is 5.09. The van der Waals surface area contributed by atoms with Crippen LogP contribution in [0.3, 0.4) is 0 Å². The van der Waals surface area contributed by atoms with Crippen LogP contribution in [0.25, 0.3) is 0 Å². The Balaban J connectivity index is 2.00. The summed E-state index contributed by atoms with van der Waals surface area (Å²) >= 11 is 13.0. The molecule has 0 aliphatic heterocycles. The predicted octanol–water partition coefficient (Wildman–Crippen LogP) is 3.12. The Morgan fingerprint density at radius 2 is 2.04 bits per heavy atom. The van der Waals surface area contributed by atoms with E-state index in [0.29, 0.717) is 21.2 Å². The number of hydrogen-bond acceptors (Lipinski definition) is 6. The number of hydrogen-bond donors (Lipinski definition) is 1. The summed E-state index contributed by atoms with van der Waals surface area (Å²) in [7, 11) is -1.34. The second-order valence-electron chi connectivity index (χ2n) is 5.80. The molecule has 1 aliphatic carbocycles. The number of aliphatic hydroxyl groups excluding tert-OH is 1. The Labute approximate surface area is 165 Å². The Kier molecular flexibility index (Phi) is 5.35. The van der Waals surface area contributed by atoms with Crippen molar-refractivity contribution < 1.29 is 23.1 Å². The van der Waals surface area contributed by atoms with Crippen molar-refractivity contribution in [2.45, 2.75) is 22.8 Å². The van der Waals surface area contributed by atoms with Gasteiger partial charge in [0, 0.05) is 23.5 Å². The molecule has 0 bridgehead atoms. The molecule has 0 unspecified atom stereocenters. The van der Waals surface area contributed by atoms with Gasteiger partial charge in [-0.3, -0.25) is 0 Å². The Morgan fingerprint density at radius 1 is 1.35 bits per heavy atom. The summed E-state index contributed by atoms with van der Waals surface area (Å²) in [4.78, 5) is 11.8. The van der Waals surface area contributed by atoms with Gasteiger partial charge in [-0.1, -0.05) is 23.2 Å². The minimum Gasteiger partial charge on any atom is -0.465 e. The molecule has 1 aromatic carbocycles. The van der Waals surface area contributed by atoms with E-state index in [1.807, 2.05) is 0 Å². The number of nitrogens with zero attached hydrogens (tertiary/aromatic N) is 1. The van der Waals surface area contributed by atoms with Crippen LogP contribution in [0.1, 0.15) is 26.8 Å². The van der Waals surface area contributed by atoms with Gasteiger partial charge < -0.3 is 9.84 Å². The number of fused-ring (bicyclic) bond motifs is 1. The van der Waals surface area contributed by atoms with Gasteiger partial charge in [-0.25, -0.2) is 13.2 Å². The molecule has 1 aromatic heterocycles. The Hall–Kier alpha value is -1.16. The van der Waals surface area contributed by atoms with Crippen molar-refractivity contribution in [3.63, 3.8) is 0 Å². The zero-order chi connectivity index (χ0) is 19.2. The molecule has 6 nitrogen and oxygen atoms in total. The number of rotatable bonds is 4. The molecule has 140 valence electrons. The summed E-state index contributed by atoms with van der Waals surface area (Å²) in [5, 5.41) is 11.2. The van der Waals surface area contributed by atoms with Crippen molar-refractivity contribution in [3.05, 3.63) is 50.3 Å². The molecular weight excluding hydrogens is 421 g/mol. The fourth-order valence-corrected chi connectivity index (χ4v) is 6.39. The van der Waals surface area contributed by atoms with E-state index in [4.69, 9.17) is 23.2 Å². The van der Waals surface area contributed by atoms with Crippen LogP contribution in [0, 0.1) is 0 Å². The second kappa shape index (κ2) is 7.10. The SMILES string of the molecule is COC(=O)c1ccc(S(=O)(=O)N(C)[C@H]2c3cc(Cl)cc(Cl)c3C[C@H]2O)s1. The van der Waals surface area contributed by atoms with E-state index in [1.165, 1.54) is 26.3 Å². The number of methoxy groups -OCH3 is 1. The quantitative estimate of drug-likeness (QED) is 0.745. The first-order valence-electron chi connectivity index (χ1n) is 7.49. The van der Waals surface area contributed by atoms with E-state index in [9.17, 15) is 18.3 Å². The summed E-state index contributed by atoms with van der Waals surface area (Å²) < 4.78 is 31.6. The molecular formula is C16H15Cl2NO5S2. The normalized spacial score (nSPS) is 19.6. The number of sulfonamides is 1. The van der Waals surface area contributed by atoms with Crippen LogP contribution in [0.2, 0.25) is 10.0 Å². The molecule has 0 saturated heterocycles. The lowest BCUT2D eigenvalue weighted by Crippen LogP contribution is -2.35. The lowest BCUT2D eigenvalue weighted by molar-refractivity contribution is 0.0606. The van der Waals surface area contributed by atoms with Crippen LogP contribution >= 0.6 is 34.5 Å². The van der Waals surface area contributed by atoms with Crippen LogP contribution in [0.5, 0.6) is 0 Å². The number of carbonyl (C=O) groups is 1. The highest BCUT2D eigenvalue weighted by atomic mass is 35.5. The molecule has 0 amide bonds. The van der Waals surface area contributed by atoms with Gasteiger partial charge in [-0.15, -0.1) is 11.3 Å². The maximum Gasteiger partial charge on any atom is 0.348 e. The highest BCUT2D eigenvalue weighted by Gasteiger charge is 2.41. The maximum absolute atomic E-state index is 13.0. The van der Waals surface area contributed by atoms with Gasteiger partial charge in [0.25, 0.3) is 10.0 Å². The van der Waals surface area contributed by atoms with E-state index >= 15 is 0 Å². The van der Waals surface area contributed by atoms with Gasteiger partial charge in [0.15, 0.2) is 0 Å². The predicted molar refractivity (Wildman–Crippen MR) is 99.5 cm³/mol. The van der Waals surface area contributed by atoms with E-state index in [2.05, 4.69) is 4.74 Å². The lowest BCUT2D eigenvalue weighted by Gasteiger charge is -2.26. The summed E-state index contributed by atoms with van der Waals surface area (Å²) in [5.74, 6) is -0.607. The molecule has 10 heteroatoms. The van der Waals surface area contributed by atoms with Gasteiger partial charge in [-0.05, 0) is 35.4 Å². The smallest absolute Gasteiger partial charge is 0.348 e. The van der Waals surface area contributed by atoms with Gasteiger partial charge >= 0.3 is 5.97 Å². The molecule has 2 aromatic rings.